The van der Waals surface area contributed by atoms with Crippen LogP contribution in [-0.4, -0.2) is 67.0 Å². The number of anilines is 2. The number of ether oxygens (including phenoxy) is 1. The molecule has 4 heterocycles. The van der Waals surface area contributed by atoms with E-state index in [-0.39, 0.29) is 23.5 Å². The van der Waals surface area contributed by atoms with Crippen LogP contribution in [0.25, 0.3) is 33.2 Å². The highest BCUT2D eigenvalue weighted by atomic mass is 16.5. The van der Waals surface area contributed by atoms with Gasteiger partial charge in [-0.15, -0.1) is 0 Å². The van der Waals surface area contributed by atoms with E-state index in [4.69, 9.17) is 25.5 Å². The van der Waals surface area contributed by atoms with E-state index < -0.39 is 5.97 Å². The number of phenols is 1. The van der Waals surface area contributed by atoms with Gasteiger partial charge >= 0.3 is 0 Å². The Morgan fingerprint density at radius 3 is 2.61 bits per heavy atom. The van der Waals surface area contributed by atoms with Gasteiger partial charge in [0.05, 0.1) is 29.8 Å². The van der Waals surface area contributed by atoms with Crippen molar-refractivity contribution in [1.82, 2.24) is 30.0 Å². The summed E-state index contributed by atoms with van der Waals surface area (Å²) in [6, 6.07) is 12.3. The molecule has 13 nitrogen and oxygen atoms in total. The maximum atomic E-state index is 13.1. The zero-order chi connectivity index (χ0) is 29.1. The van der Waals surface area contributed by atoms with E-state index in [1.165, 1.54) is 6.33 Å². The highest BCUT2D eigenvalue weighted by Crippen LogP contribution is 2.41. The summed E-state index contributed by atoms with van der Waals surface area (Å²) in [6.07, 6.45) is 3.22. The Labute approximate surface area is 234 Å². The minimum atomic E-state index is -0.833. The van der Waals surface area contributed by atoms with Gasteiger partial charge in [-0.05, 0) is 56.3 Å². The second kappa shape index (κ2) is 11.5. The van der Waals surface area contributed by atoms with Gasteiger partial charge in [-0.25, -0.2) is 14.6 Å². The Hall–Kier alpha value is -5.17. The van der Waals surface area contributed by atoms with Gasteiger partial charge in [0.25, 0.3) is 11.9 Å². The topological polar surface area (TPSA) is 193 Å². The van der Waals surface area contributed by atoms with Crippen LogP contribution in [0.15, 0.2) is 48.8 Å². The Bertz CT molecular complexity index is 1730. The second-order valence-corrected chi connectivity index (χ2v) is 9.51. The van der Waals surface area contributed by atoms with E-state index in [1.54, 1.807) is 37.4 Å². The molecule has 7 N–H and O–H groups in total. The van der Waals surface area contributed by atoms with E-state index in [9.17, 15) is 9.90 Å². The fourth-order valence-electron chi connectivity index (χ4n) is 4.98. The fourth-order valence-corrected chi connectivity index (χ4v) is 4.98. The Kier molecular flexibility index (Phi) is 7.70. The molecule has 0 bridgehead atoms. The van der Waals surface area contributed by atoms with E-state index >= 15 is 0 Å². The molecule has 41 heavy (non-hydrogen) atoms. The van der Waals surface area contributed by atoms with Gasteiger partial charge in [0.1, 0.15) is 35.0 Å². The van der Waals surface area contributed by atoms with Crippen LogP contribution in [0.1, 0.15) is 36.3 Å². The van der Waals surface area contributed by atoms with Crippen molar-refractivity contribution in [3.63, 3.8) is 0 Å². The number of methoxy groups -OCH3 is 1. The number of piperidine rings is 1. The van der Waals surface area contributed by atoms with Gasteiger partial charge in [-0.2, -0.15) is 5.10 Å². The van der Waals surface area contributed by atoms with Crippen molar-refractivity contribution in [1.29, 1.82) is 0 Å². The number of nitrogen functional groups attached to an aromatic ring is 1. The third-order valence-electron chi connectivity index (χ3n) is 6.79. The number of benzene rings is 2. The van der Waals surface area contributed by atoms with Gasteiger partial charge in [0.2, 0.25) is 0 Å². The molecule has 0 unspecified atom stereocenters. The lowest BCUT2D eigenvalue weighted by Crippen LogP contribution is -2.30. The van der Waals surface area contributed by atoms with Gasteiger partial charge in [-0.1, -0.05) is 12.1 Å². The summed E-state index contributed by atoms with van der Waals surface area (Å²) in [5.41, 5.74) is 9.41. The number of fused-ring (bicyclic) bond motifs is 2. The number of para-hydroxylation sites is 2. The number of amides is 1. The summed E-state index contributed by atoms with van der Waals surface area (Å²) >= 11 is 0. The van der Waals surface area contributed by atoms with Crippen LogP contribution in [-0.2, 0) is 4.79 Å². The zero-order valence-electron chi connectivity index (χ0n) is 22.5. The average molecular weight is 559 g/mol. The predicted molar refractivity (Wildman–Crippen MR) is 154 cm³/mol. The maximum Gasteiger partial charge on any atom is 0.300 e. The number of H-pyrrole nitrogens is 1. The highest BCUT2D eigenvalue weighted by molar-refractivity contribution is 6.11. The molecule has 6 rings (SSSR count). The van der Waals surface area contributed by atoms with Crippen LogP contribution >= 0.6 is 0 Å². The molecule has 0 radical (unpaired) electrons. The summed E-state index contributed by atoms with van der Waals surface area (Å²) in [7, 11) is 1.55. The lowest BCUT2D eigenvalue weighted by atomic mass is 10.0. The summed E-state index contributed by atoms with van der Waals surface area (Å²) in [4.78, 5) is 34.0. The van der Waals surface area contributed by atoms with Crippen LogP contribution in [0.2, 0.25) is 0 Å². The van der Waals surface area contributed by atoms with Gasteiger partial charge in [-0.3, -0.25) is 9.59 Å². The van der Waals surface area contributed by atoms with E-state index in [0.29, 0.717) is 50.3 Å². The second-order valence-electron chi connectivity index (χ2n) is 9.51. The molecular formula is C28H30N8O5. The van der Waals surface area contributed by atoms with Crippen LogP contribution in [0.3, 0.4) is 0 Å². The van der Waals surface area contributed by atoms with Crippen LogP contribution < -0.4 is 21.1 Å². The summed E-state index contributed by atoms with van der Waals surface area (Å²) in [5.74, 6) is -0.334. The van der Waals surface area contributed by atoms with Crippen LogP contribution in [0, 0.1) is 0 Å². The fraction of sp³-hybridized carbons (Fsp3) is 0.250. The zero-order valence-corrected chi connectivity index (χ0v) is 22.5. The molecule has 1 fully saturated rings. The molecule has 1 aliphatic rings. The van der Waals surface area contributed by atoms with Crippen molar-refractivity contribution in [3.8, 4) is 22.8 Å². The first-order valence-electron chi connectivity index (χ1n) is 13.0. The lowest BCUT2D eigenvalue weighted by molar-refractivity contribution is -0.134. The first-order valence-corrected chi connectivity index (χ1v) is 13.0. The van der Waals surface area contributed by atoms with Crippen molar-refractivity contribution in [3.05, 3.63) is 54.5 Å². The number of hydrogen-bond donors (Lipinski definition) is 6. The number of phenolic OH excluding ortho intramolecular Hbond substituents is 1. The SMILES string of the molecule is CC(=O)O.COc1ccccc1NC(=O)c1cc2c(-c3nn(C4CCNCC4)c4ncnc(N)c34)c(O)ccc2[nH]1. The Morgan fingerprint density at radius 2 is 1.88 bits per heavy atom. The number of nitrogens with zero attached hydrogens (tertiary/aromatic N) is 4. The smallest absolute Gasteiger partial charge is 0.300 e. The van der Waals surface area contributed by atoms with Crippen molar-refractivity contribution in [2.45, 2.75) is 25.8 Å². The highest BCUT2D eigenvalue weighted by Gasteiger charge is 2.26. The summed E-state index contributed by atoms with van der Waals surface area (Å²) < 4.78 is 7.23. The summed E-state index contributed by atoms with van der Waals surface area (Å²) in [6.45, 7) is 2.84. The van der Waals surface area contributed by atoms with Crippen molar-refractivity contribution >= 4 is 45.3 Å². The molecule has 13 heteroatoms. The minimum Gasteiger partial charge on any atom is -0.507 e. The number of aromatic nitrogens is 5. The number of carbonyl (C=O) groups excluding carboxylic acids is 1. The minimum absolute atomic E-state index is 0.0169. The third-order valence-corrected chi connectivity index (χ3v) is 6.79. The molecule has 1 aliphatic heterocycles. The molecule has 0 spiro atoms. The van der Waals surface area contributed by atoms with Crippen LogP contribution in [0.4, 0.5) is 11.5 Å². The lowest BCUT2D eigenvalue weighted by Gasteiger charge is -2.23. The number of carbonyl (C=O) groups is 2. The number of nitrogens with one attached hydrogen (secondary N) is 3. The first kappa shape index (κ1) is 27.4. The maximum absolute atomic E-state index is 13.1. The number of hydrogen-bond acceptors (Lipinski definition) is 9. The third kappa shape index (κ3) is 5.47. The van der Waals surface area contributed by atoms with Gasteiger partial charge < -0.3 is 36.3 Å². The molecule has 1 amide bonds. The Morgan fingerprint density at radius 1 is 1.15 bits per heavy atom. The largest absolute Gasteiger partial charge is 0.507 e. The number of carboxylic acids is 1. The van der Waals surface area contributed by atoms with Crippen LogP contribution in [0.5, 0.6) is 11.5 Å². The van der Waals surface area contributed by atoms with E-state index in [1.807, 2.05) is 16.8 Å². The summed E-state index contributed by atoms with van der Waals surface area (Å²) in [5, 5.41) is 30.8. The van der Waals surface area contributed by atoms with Crippen molar-refractivity contribution in [2.24, 2.45) is 0 Å². The molecule has 2 aromatic carbocycles. The number of rotatable bonds is 5. The molecule has 212 valence electrons. The Balaban J connectivity index is 0.000000794. The quantitative estimate of drug-likeness (QED) is 0.186. The number of carboxylic acid groups (broad SMARTS) is 1. The molecule has 5 aromatic rings. The molecule has 1 saturated heterocycles. The van der Waals surface area contributed by atoms with Gasteiger partial charge in [0.15, 0.2) is 5.65 Å². The molecule has 3 aromatic heterocycles. The number of aliphatic carboxylic acids is 1. The van der Waals surface area contributed by atoms with Crippen molar-refractivity contribution in [2.75, 3.05) is 31.2 Å². The number of aromatic hydroxyl groups is 1. The predicted octanol–water partition coefficient (Wildman–Crippen LogP) is 3.54. The number of nitrogens with two attached hydrogens (primary N) is 1. The molecule has 0 atom stereocenters. The first-order chi connectivity index (χ1) is 19.8. The monoisotopic (exact) mass is 558 g/mol. The normalized spacial score (nSPS) is 13.5. The molecule has 0 saturated carbocycles. The van der Waals surface area contributed by atoms with E-state index in [0.717, 1.165) is 32.9 Å². The molecular weight excluding hydrogens is 528 g/mol. The van der Waals surface area contributed by atoms with Gasteiger partial charge in [0, 0.05) is 17.8 Å². The standard InChI is InChI=1S/C26H26N8O3.C2H4O2/c1-37-20-5-3-2-4-17(20)32-26(36)18-12-15-16(31-18)6-7-19(35)21(15)23-22-24(27)29-13-30-25(22)34(33-23)14-8-10-28-11-9-14;1-2(3)4/h2-7,12-14,28,31,35H,8-11H2,1H3,(H,32,36)(H2,27,29,30);1H3,(H,3,4). The average Bonchev–Trinajstić information content (AvgIpc) is 3.57. The molecule has 0 aliphatic carbocycles. The number of aromatic amines is 1. The van der Waals surface area contributed by atoms with E-state index in [2.05, 4.69) is 25.6 Å². The van der Waals surface area contributed by atoms with Crippen molar-refractivity contribution < 1.29 is 24.5 Å².